The van der Waals surface area contributed by atoms with Gasteiger partial charge in [0.15, 0.2) is 5.13 Å². The number of nitrogens with zero attached hydrogens (tertiary/aromatic N) is 1. The predicted molar refractivity (Wildman–Crippen MR) is 109 cm³/mol. The Bertz CT molecular complexity index is 1120. The lowest BCUT2D eigenvalue weighted by molar-refractivity contribution is -0.115. The van der Waals surface area contributed by atoms with E-state index in [0.29, 0.717) is 11.6 Å². The summed E-state index contributed by atoms with van der Waals surface area (Å²) < 4.78 is 5.15. The van der Waals surface area contributed by atoms with E-state index in [0.717, 1.165) is 27.4 Å². The molecular weight excluding hydrogens is 356 g/mol. The van der Waals surface area contributed by atoms with Crippen LogP contribution < -0.4 is 10.1 Å². The molecule has 0 bridgehead atoms. The number of hydrogen-bond donors (Lipinski definition) is 1. The van der Waals surface area contributed by atoms with Gasteiger partial charge in [-0.1, -0.05) is 59.9 Å². The third-order valence-corrected chi connectivity index (χ3v) is 5.81. The zero-order valence-electron chi connectivity index (χ0n) is 14.7. The Morgan fingerprint density at radius 2 is 1.78 bits per heavy atom. The smallest absolute Gasteiger partial charge is 0.230 e. The Balaban J connectivity index is 1.39. The summed E-state index contributed by atoms with van der Waals surface area (Å²) in [5, 5.41) is 6.07. The third-order valence-electron chi connectivity index (χ3n) is 4.80. The van der Waals surface area contributed by atoms with Gasteiger partial charge in [0.2, 0.25) is 5.91 Å². The summed E-state index contributed by atoms with van der Waals surface area (Å²) in [5.41, 5.74) is 4.25. The number of aromatic nitrogens is 1. The Morgan fingerprint density at radius 1 is 1.04 bits per heavy atom. The van der Waals surface area contributed by atoms with Gasteiger partial charge in [0.1, 0.15) is 5.75 Å². The second-order valence-corrected chi connectivity index (χ2v) is 7.48. The molecule has 5 rings (SSSR count). The van der Waals surface area contributed by atoms with Gasteiger partial charge >= 0.3 is 0 Å². The van der Waals surface area contributed by atoms with Crippen molar-refractivity contribution in [2.24, 2.45) is 0 Å². The van der Waals surface area contributed by atoms with Crippen molar-refractivity contribution in [3.8, 4) is 27.4 Å². The number of amides is 1. The van der Waals surface area contributed by atoms with Crippen LogP contribution >= 0.6 is 11.3 Å². The van der Waals surface area contributed by atoms with Crippen molar-refractivity contribution in [1.29, 1.82) is 0 Å². The molecule has 0 saturated heterocycles. The van der Waals surface area contributed by atoms with Crippen molar-refractivity contribution in [3.05, 3.63) is 66.2 Å². The van der Waals surface area contributed by atoms with Crippen LogP contribution in [0.4, 0.5) is 5.13 Å². The van der Waals surface area contributed by atoms with Crippen molar-refractivity contribution in [2.45, 2.75) is 6.42 Å². The predicted octanol–water partition coefficient (Wildman–Crippen LogP) is 5.13. The highest BCUT2D eigenvalue weighted by atomic mass is 32.1. The molecule has 4 aromatic rings. The van der Waals surface area contributed by atoms with Gasteiger partial charge in [-0.05, 0) is 28.5 Å². The van der Waals surface area contributed by atoms with Crippen LogP contribution in [0.5, 0.6) is 5.75 Å². The molecule has 1 amide bonds. The standard InChI is InChI=1S/C22H16N2O2S/c1-26-15-10-8-13(9-11-15)12-18(25)23-22-24-20-16-6-2-4-14-5-3-7-17(19(14)16)21(20)27-22/h2-11H,12H2,1H3,(H,23,24,25). The summed E-state index contributed by atoms with van der Waals surface area (Å²) >= 11 is 1.53. The zero-order valence-corrected chi connectivity index (χ0v) is 15.5. The third kappa shape index (κ3) is 2.67. The summed E-state index contributed by atoms with van der Waals surface area (Å²) in [5.74, 6) is 0.711. The molecule has 1 heterocycles. The zero-order chi connectivity index (χ0) is 18.4. The van der Waals surface area contributed by atoms with Gasteiger partial charge < -0.3 is 10.1 Å². The van der Waals surface area contributed by atoms with Crippen molar-refractivity contribution in [3.63, 3.8) is 0 Å². The van der Waals surface area contributed by atoms with Crippen LogP contribution in [0.15, 0.2) is 60.7 Å². The minimum atomic E-state index is -0.0703. The number of anilines is 1. The Kier molecular flexibility index (Phi) is 3.69. The van der Waals surface area contributed by atoms with Gasteiger partial charge in [0.05, 0.1) is 24.1 Å². The highest BCUT2D eigenvalue weighted by molar-refractivity contribution is 7.20. The van der Waals surface area contributed by atoms with Gasteiger partial charge in [-0.25, -0.2) is 4.98 Å². The van der Waals surface area contributed by atoms with Crippen LogP contribution in [-0.2, 0) is 11.2 Å². The van der Waals surface area contributed by atoms with Crippen molar-refractivity contribution in [1.82, 2.24) is 4.98 Å². The van der Waals surface area contributed by atoms with Gasteiger partial charge in [-0.3, -0.25) is 4.79 Å². The van der Waals surface area contributed by atoms with Crippen LogP contribution in [0.25, 0.3) is 32.5 Å². The molecule has 1 aliphatic carbocycles. The molecule has 4 nitrogen and oxygen atoms in total. The average molecular weight is 372 g/mol. The molecule has 0 atom stereocenters. The minimum Gasteiger partial charge on any atom is -0.497 e. The van der Waals surface area contributed by atoms with E-state index in [4.69, 9.17) is 9.72 Å². The molecule has 3 aromatic carbocycles. The molecule has 132 valence electrons. The first-order chi connectivity index (χ1) is 13.2. The van der Waals surface area contributed by atoms with Crippen molar-refractivity contribution < 1.29 is 9.53 Å². The number of methoxy groups -OCH3 is 1. The topological polar surface area (TPSA) is 51.2 Å². The Hall–Kier alpha value is -3.18. The summed E-state index contributed by atoms with van der Waals surface area (Å²) in [7, 11) is 1.63. The van der Waals surface area contributed by atoms with E-state index < -0.39 is 0 Å². The maximum absolute atomic E-state index is 12.4. The van der Waals surface area contributed by atoms with Gasteiger partial charge in [0, 0.05) is 11.1 Å². The SMILES string of the molecule is COc1ccc(CC(=O)Nc2nc3c(s2)-c2cccc4cccc-3c24)cc1. The van der Waals surface area contributed by atoms with Gasteiger partial charge in [0.25, 0.3) is 0 Å². The molecule has 0 fully saturated rings. The van der Waals surface area contributed by atoms with E-state index in [1.54, 1.807) is 7.11 Å². The Morgan fingerprint density at radius 3 is 2.52 bits per heavy atom. The molecule has 1 aromatic heterocycles. The lowest BCUT2D eigenvalue weighted by Gasteiger charge is -2.04. The summed E-state index contributed by atoms with van der Waals surface area (Å²) in [6.07, 6.45) is 0.306. The maximum Gasteiger partial charge on any atom is 0.230 e. The number of benzene rings is 3. The number of hydrogen-bond acceptors (Lipinski definition) is 4. The molecule has 0 aliphatic heterocycles. The number of ether oxygens (including phenoxy) is 1. The minimum absolute atomic E-state index is 0.0703. The second kappa shape index (κ2) is 6.21. The van der Waals surface area contributed by atoms with E-state index >= 15 is 0 Å². The molecular formula is C22H16N2O2S. The Labute approximate surface area is 160 Å². The fraction of sp³-hybridized carbons (Fsp3) is 0.0909. The summed E-state index contributed by atoms with van der Waals surface area (Å²) in [4.78, 5) is 18.3. The number of nitrogens with one attached hydrogen (secondary N) is 1. The van der Waals surface area contributed by atoms with Crippen LogP contribution in [0.1, 0.15) is 5.56 Å². The summed E-state index contributed by atoms with van der Waals surface area (Å²) in [6.45, 7) is 0. The molecule has 1 N–H and O–H groups in total. The van der Waals surface area contributed by atoms with E-state index in [9.17, 15) is 4.79 Å². The molecule has 0 radical (unpaired) electrons. The highest BCUT2D eigenvalue weighted by Crippen LogP contribution is 2.50. The first-order valence-electron chi connectivity index (χ1n) is 8.69. The monoisotopic (exact) mass is 372 g/mol. The van der Waals surface area contributed by atoms with E-state index in [1.165, 1.54) is 27.7 Å². The van der Waals surface area contributed by atoms with Crippen LogP contribution in [-0.4, -0.2) is 18.0 Å². The first kappa shape index (κ1) is 16.0. The van der Waals surface area contributed by atoms with Gasteiger partial charge in [-0.15, -0.1) is 0 Å². The normalized spacial score (nSPS) is 11.4. The van der Waals surface area contributed by atoms with Crippen LogP contribution in [0.3, 0.4) is 0 Å². The second-order valence-electron chi connectivity index (χ2n) is 6.48. The molecule has 27 heavy (non-hydrogen) atoms. The fourth-order valence-corrected chi connectivity index (χ4v) is 4.59. The molecule has 0 unspecified atom stereocenters. The average Bonchev–Trinajstić information content (AvgIpc) is 3.22. The van der Waals surface area contributed by atoms with Crippen molar-refractivity contribution in [2.75, 3.05) is 12.4 Å². The molecule has 1 aliphatic rings. The molecule has 0 saturated carbocycles. The van der Waals surface area contributed by atoms with Crippen LogP contribution in [0, 0.1) is 0 Å². The summed E-state index contributed by atoms with van der Waals surface area (Å²) in [6, 6.07) is 20.1. The maximum atomic E-state index is 12.4. The molecule has 0 spiro atoms. The number of carbonyl (C=O) groups is 1. The lowest BCUT2D eigenvalue weighted by Crippen LogP contribution is -2.14. The van der Waals surface area contributed by atoms with Crippen molar-refractivity contribution >= 4 is 33.1 Å². The lowest BCUT2D eigenvalue weighted by atomic mass is 10.0. The number of rotatable bonds is 4. The number of thiazole rings is 1. The highest BCUT2D eigenvalue weighted by Gasteiger charge is 2.25. The van der Waals surface area contributed by atoms with Crippen LogP contribution in [0.2, 0.25) is 0 Å². The number of fused-ring (bicyclic) bond motifs is 3. The number of carbonyl (C=O) groups excluding carboxylic acids is 1. The largest absolute Gasteiger partial charge is 0.497 e. The first-order valence-corrected chi connectivity index (χ1v) is 9.50. The van der Waals surface area contributed by atoms with E-state index in [2.05, 4.69) is 41.7 Å². The van der Waals surface area contributed by atoms with E-state index in [-0.39, 0.29) is 5.91 Å². The fourth-order valence-electron chi connectivity index (χ4n) is 3.56. The quantitative estimate of drug-likeness (QED) is 0.476. The molecule has 5 heteroatoms. The van der Waals surface area contributed by atoms with Gasteiger partial charge in [-0.2, -0.15) is 0 Å². The van der Waals surface area contributed by atoms with E-state index in [1.807, 2.05) is 24.3 Å².